The zero-order valence-corrected chi connectivity index (χ0v) is 10.3. The molecule has 0 bridgehead atoms. The van der Waals surface area contributed by atoms with Crippen LogP contribution in [0.1, 0.15) is 11.1 Å². The van der Waals surface area contributed by atoms with Crippen LogP contribution in [-0.2, 0) is 0 Å². The maximum absolute atomic E-state index is 5.11. The molecule has 0 aliphatic carbocycles. The van der Waals surface area contributed by atoms with E-state index in [0.717, 1.165) is 22.6 Å². The molecule has 0 aromatic heterocycles. The summed E-state index contributed by atoms with van der Waals surface area (Å²) in [4.78, 5) is 4.43. The van der Waals surface area contributed by atoms with Crippen molar-refractivity contribution >= 4 is 18.0 Å². The molecule has 0 radical (unpaired) electrons. The number of hydrogen-bond donors (Lipinski definition) is 0. The molecule has 2 aromatic carbocycles. The quantitative estimate of drug-likeness (QED) is 0.734. The number of methoxy groups -OCH3 is 1. The van der Waals surface area contributed by atoms with Gasteiger partial charge in [0.25, 0.3) is 0 Å². The molecule has 2 rings (SSSR count). The fourth-order valence-corrected chi connectivity index (χ4v) is 1.57. The van der Waals surface area contributed by atoms with Crippen molar-refractivity contribution in [3.8, 4) is 5.75 Å². The maximum atomic E-state index is 5.11. The number of nitrogens with zero attached hydrogens (tertiary/aromatic N) is 1. The molecule has 0 fully saturated rings. The third-order valence-electron chi connectivity index (χ3n) is 2.58. The second-order valence-corrected chi connectivity index (χ2v) is 3.83. The Hall–Kier alpha value is -2.35. The fraction of sp³-hybridized carbons (Fsp3) is 0.0625. The van der Waals surface area contributed by atoms with E-state index in [2.05, 4.69) is 11.6 Å². The Morgan fingerprint density at radius 2 is 1.83 bits per heavy atom. The number of aliphatic imine (C=N–C) groups is 1. The maximum Gasteiger partial charge on any atom is 0.118 e. The minimum Gasteiger partial charge on any atom is -0.497 e. The summed E-state index contributed by atoms with van der Waals surface area (Å²) >= 11 is 0. The van der Waals surface area contributed by atoms with Gasteiger partial charge < -0.3 is 4.74 Å². The Morgan fingerprint density at radius 1 is 1.06 bits per heavy atom. The van der Waals surface area contributed by atoms with Gasteiger partial charge in [-0.2, -0.15) is 0 Å². The minimum absolute atomic E-state index is 0.848. The van der Waals surface area contributed by atoms with Gasteiger partial charge in [-0.25, -0.2) is 0 Å². The van der Waals surface area contributed by atoms with Crippen LogP contribution in [0.3, 0.4) is 0 Å². The Morgan fingerprint density at radius 3 is 2.50 bits per heavy atom. The largest absolute Gasteiger partial charge is 0.497 e. The van der Waals surface area contributed by atoms with E-state index in [4.69, 9.17) is 4.74 Å². The molecule has 18 heavy (non-hydrogen) atoms. The summed E-state index contributed by atoms with van der Waals surface area (Å²) in [6.07, 6.45) is 3.65. The van der Waals surface area contributed by atoms with Crippen molar-refractivity contribution in [2.45, 2.75) is 0 Å². The molecular weight excluding hydrogens is 222 g/mol. The highest BCUT2D eigenvalue weighted by molar-refractivity contribution is 5.82. The first kappa shape index (κ1) is 12.1. The van der Waals surface area contributed by atoms with Crippen molar-refractivity contribution in [1.82, 2.24) is 0 Å². The topological polar surface area (TPSA) is 21.6 Å². The number of benzene rings is 2. The monoisotopic (exact) mass is 237 g/mol. The molecule has 0 atom stereocenters. The third-order valence-corrected chi connectivity index (χ3v) is 2.58. The molecule has 0 saturated heterocycles. The lowest BCUT2D eigenvalue weighted by molar-refractivity contribution is 0.415. The van der Waals surface area contributed by atoms with Crippen LogP contribution >= 0.6 is 0 Å². The normalized spacial score (nSPS) is 10.5. The van der Waals surface area contributed by atoms with Gasteiger partial charge in [0, 0.05) is 6.21 Å². The number of ether oxygens (including phenoxy) is 1. The van der Waals surface area contributed by atoms with Gasteiger partial charge in [-0.15, -0.1) is 0 Å². The first-order chi connectivity index (χ1) is 8.81. The zero-order valence-electron chi connectivity index (χ0n) is 10.3. The molecule has 0 aliphatic rings. The fourth-order valence-electron chi connectivity index (χ4n) is 1.57. The summed E-state index contributed by atoms with van der Waals surface area (Å²) in [5, 5.41) is 0. The van der Waals surface area contributed by atoms with Crippen molar-refractivity contribution < 1.29 is 4.74 Å². The second-order valence-electron chi connectivity index (χ2n) is 3.83. The molecule has 2 heteroatoms. The van der Waals surface area contributed by atoms with E-state index in [-0.39, 0.29) is 0 Å². The van der Waals surface area contributed by atoms with Gasteiger partial charge in [0.15, 0.2) is 0 Å². The summed E-state index contributed by atoms with van der Waals surface area (Å²) in [7, 11) is 1.66. The van der Waals surface area contributed by atoms with E-state index in [9.17, 15) is 0 Å². The minimum atomic E-state index is 0.848. The molecule has 0 amide bonds. The van der Waals surface area contributed by atoms with Gasteiger partial charge in [0.1, 0.15) is 5.75 Å². The summed E-state index contributed by atoms with van der Waals surface area (Å²) < 4.78 is 5.11. The molecule has 0 unspecified atom stereocenters. The number of rotatable bonds is 4. The van der Waals surface area contributed by atoms with E-state index < -0.39 is 0 Å². The first-order valence-electron chi connectivity index (χ1n) is 5.72. The SMILES string of the molecule is C=Cc1cccc(N=Cc2ccc(OC)cc2)c1. The molecule has 0 saturated carbocycles. The van der Waals surface area contributed by atoms with Gasteiger partial charge in [-0.05, 0) is 47.5 Å². The Labute approximate surface area is 107 Å². The van der Waals surface area contributed by atoms with Crippen molar-refractivity contribution in [2.24, 2.45) is 4.99 Å². The van der Waals surface area contributed by atoms with Gasteiger partial charge in [-0.1, -0.05) is 24.8 Å². The van der Waals surface area contributed by atoms with Crippen LogP contribution in [0, 0.1) is 0 Å². The zero-order chi connectivity index (χ0) is 12.8. The highest BCUT2D eigenvalue weighted by Crippen LogP contribution is 2.15. The smallest absolute Gasteiger partial charge is 0.118 e. The molecule has 0 heterocycles. The summed E-state index contributed by atoms with van der Waals surface area (Å²) in [6, 6.07) is 15.7. The first-order valence-corrected chi connectivity index (χ1v) is 5.72. The Balaban J connectivity index is 2.15. The highest BCUT2D eigenvalue weighted by Gasteiger charge is 1.92. The van der Waals surface area contributed by atoms with Gasteiger partial charge in [0.2, 0.25) is 0 Å². The van der Waals surface area contributed by atoms with Crippen LogP contribution in [0.2, 0.25) is 0 Å². The summed E-state index contributed by atoms with van der Waals surface area (Å²) in [5.41, 5.74) is 3.03. The van der Waals surface area contributed by atoms with E-state index in [0.29, 0.717) is 0 Å². The average Bonchev–Trinajstić information content (AvgIpc) is 2.46. The molecule has 0 aliphatic heterocycles. The molecule has 0 N–H and O–H groups in total. The van der Waals surface area contributed by atoms with E-state index in [1.54, 1.807) is 7.11 Å². The van der Waals surface area contributed by atoms with Crippen LogP contribution in [0.4, 0.5) is 5.69 Å². The predicted molar refractivity (Wildman–Crippen MR) is 76.8 cm³/mol. The predicted octanol–water partition coefficient (Wildman–Crippen LogP) is 4.09. The van der Waals surface area contributed by atoms with E-state index >= 15 is 0 Å². The van der Waals surface area contributed by atoms with E-state index in [1.165, 1.54) is 0 Å². The van der Waals surface area contributed by atoms with Crippen LogP contribution in [0.5, 0.6) is 5.75 Å². The molecule has 2 aromatic rings. The van der Waals surface area contributed by atoms with Gasteiger partial charge in [-0.3, -0.25) is 4.99 Å². The lowest BCUT2D eigenvalue weighted by Gasteiger charge is -1.99. The van der Waals surface area contributed by atoms with Crippen molar-refractivity contribution in [3.63, 3.8) is 0 Å². The van der Waals surface area contributed by atoms with Crippen LogP contribution < -0.4 is 4.74 Å². The lowest BCUT2D eigenvalue weighted by Crippen LogP contribution is -1.84. The molecule has 90 valence electrons. The third kappa shape index (κ3) is 3.08. The van der Waals surface area contributed by atoms with Crippen LogP contribution in [-0.4, -0.2) is 13.3 Å². The second kappa shape index (κ2) is 5.82. The lowest BCUT2D eigenvalue weighted by atomic mass is 10.2. The highest BCUT2D eigenvalue weighted by atomic mass is 16.5. The van der Waals surface area contributed by atoms with Crippen molar-refractivity contribution in [1.29, 1.82) is 0 Å². The van der Waals surface area contributed by atoms with Gasteiger partial charge >= 0.3 is 0 Å². The van der Waals surface area contributed by atoms with Crippen molar-refractivity contribution in [2.75, 3.05) is 7.11 Å². The standard InChI is InChI=1S/C16H15NO/c1-3-13-5-4-6-15(11-13)17-12-14-7-9-16(18-2)10-8-14/h3-12H,1H2,2H3. The Kier molecular flexibility index (Phi) is 3.92. The Bertz CT molecular complexity index is 556. The van der Waals surface area contributed by atoms with Crippen LogP contribution in [0.15, 0.2) is 60.1 Å². The molecular formula is C16H15NO. The molecule has 0 spiro atoms. The van der Waals surface area contributed by atoms with Crippen molar-refractivity contribution in [3.05, 3.63) is 66.2 Å². The molecule has 2 nitrogen and oxygen atoms in total. The van der Waals surface area contributed by atoms with Gasteiger partial charge in [0.05, 0.1) is 12.8 Å². The summed E-state index contributed by atoms with van der Waals surface area (Å²) in [5.74, 6) is 0.848. The van der Waals surface area contributed by atoms with Crippen LogP contribution in [0.25, 0.3) is 6.08 Å². The summed E-state index contributed by atoms with van der Waals surface area (Å²) in [6.45, 7) is 3.74. The van der Waals surface area contributed by atoms with E-state index in [1.807, 2.05) is 60.8 Å². The number of hydrogen-bond acceptors (Lipinski definition) is 2. The average molecular weight is 237 g/mol.